The van der Waals surface area contributed by atoms with E-state index >= 15 is 0 Å². The summed E-state index contributed by atoms with van der Waals surface area (Å²) >= 11 is 1.33. The Labute approximate surface area is 157 Å². The molecule has 0 saturated carbocycles. The van der Waals surface area contributed by atoms with Crippen molar-refractivity contribution < 1.29 is 18.3 Å². The molecule has 0 radical (unpaired) electrons. The number of ether oxygens (including phenoxy) is 2. The van der Waals surface area contributed by atoms with E-state index in [1.807, 2.05) is 30.5 Å². The number of anilines is 1. The Morgan fingerprint density at radius 3 is 2.70 bits per heavy atom. The fourth-order valence-electron chi connectivity index (χ4n) is 2.77. The number of thioether (sulfide) groups is 1. The predicted molar refractivity (Wildman–Crippen MR) is 97.1 cm³/mol. The molecule has 3 aromatic rings. The van der Waals surface area contributed by atoms with E-state index < -0.39 is 12.8 Å². The number of hydrogen-bond acceptors (Lipinski definition) is 7. The highest BCUT2D eigenvalue weighted by Crippen LogP contribution is 2.41. The normalized spacial score (nSPS) is 15.2. The molecule has 0 amide bonds. The van der Waals surface area contributed by atoms with Crippen LogP contribution in [-0.4, -0.2) is 28.0 Å². The lowest BCUT2D eigenvalue weighted by molar-refractivity contribution is -0.0512. The van der Waals surface area contributed by atoms with Gasteiger partial charge in [-0.1, -0.05) is 42.1 Å². The number of benzene rings is 2. The number of rotatable bonds is 4. The van der Waals surface area contributed by atoms with Gasteiger partial charge in [-0.2, -0.15) is 13.8 Å². The number of nitrogens with zero attached hydrogens (tertiary/aromatic N) is 3. The van der Waals surface area contributed by atoms with E-state index in [0.717, 1.165) is 11.3 Å². The Kier molecular flexibility index (Phi) is 4.76. The number of halogens is 2. The molecule has 9 heteroatoms. The second-order valence-electron chi connectivity index (χ2n) is 5.56. The highest BCUT2D eigenvalue weighted by Gasteiger charge is 2.28. The third kappa shape index (κ3) is 3.50. The van der Waals surface area contributed by atoms with Gasteiger partial charge in [-0.3, -0.25) is 0 Å². The molecule has 1 unspecified atom stereocenters. The van der Waals surface area contributed by atoms with Crippen LogP contribution in [0, 0.1) is 0 Å². The molecule has 2 aromatic carbocycles. The highest BCUT2D eigenvalue weighted by molar-refractivity contribution is 7.98. The Hall–Kier alpha value is -2.94. The minimum atomic E-state index is -2.94. The first-order valence-corrected chi connectivity index (χ1v) is 9.23. The molecule has 1 aromatic heterocycles. The van der Waals surface area contributed by atoms with Crippen molar-refractivity contribution in [1.29, 1.82) is 0 Å². The Morgan fingerprint density at radius 2 is 1.89 bits per heavy atom. The molecule has 0 aliphatic carbocycles. The topological polar surface area (TPSA) is 69.2 Å². The maximum absolute atomic E-state index is 12.8. The summed E-state index contributed by atoms with van der Waals surface area (Å²) in [7, 11) is 0. The molecular weight excluding hydrogens is 374 g/mol. The second-order valence-corrected chi connectivity index (χ2v) is 6.33. The smallest absolute Gasteiger partial charge is 0.387 e. The zero-order chi connectivity index (χ0) is 18.8. The summed E-state index contributed by atoms with van der Waals surface area (Å²) in [5.74, 6) is 0.293. The van der Waals surface area contributed by atoms with Crippen molar-refractivity contribution in [3.05, 3.63) is 54.1 Å². The van der Waals surface area contributed by atoms with Gasteiger partial charge in [-0.25, -0.2) is 0 Å². The van der Waals surface area contributed by atoms with Crippen LogP contribution < -0.4 is 14.8 Å². The minimum absolute atomic E-state index is 0.0260. The van der Waals surface area contributed by atoms with Crippen molar-refractivity contribution in [2.45, 2.75) is 18.0 Å². The van der Waals surface area contributed by atoms with Gasteiger partial charge in [0, 0.05) is 11.3 Å². The van der Waals surface area contributed by atoms with Gasteiger partial charge in [0.2, 0.25) is 17.3 Å². The van der Waals surface area contributed by atoms with Gasteiger partial charge >= 0.3 is 6.61 Å². The van der Waals surface area contributed by atoms with E-state index in [0.29, 0.717) is 16.4 Å². The van der Waals surface area contributed by atoms with E-state index in [2.05, 4.69) is 25.2 Å². The van der Waals surface area contributed by atoms with Crippen LogP contribution in [0.1, 0.15) is 11.8 Å². The maximum atomic E-state index is 12.8. The molecule has 2 heterocycles. The number of hydrogen-bond donors (Lipinski definition) is 1. The third-order valence-corrected chi connectivity index (χ3v) is 4.47. The molecule has 0 saturated heterocycles. The maximum Gasteiger partial charge on any atom is 0.387 e. The number of nitrogens with one attached hydrogen (secondary N) is 1. The SMILES string of the molecule is CSc1nnc2c(n1)OC(c1ccccc1OC(F)F)Nc1ccccc1-2. The lowest BCUT2D eigenvalue weighted by atomic mass is 10.1. The molecule has 0 fully saturated rings. The first-order valence-electron chi connectivity index (χ1n) is 8.00. The minimum Gasteiger partial charge on any atom is -0.448 e. The van der Waals surface area contributed by atoms with Crippen molar-refractivity contribution in [3.63, 3.8) is 0 Å². The van der Waals surface area contributed by atoms with Crippen molar-refractivity contribution in [3.8, 4) is 22.9 Å². The third-order valence-electron chi connectivity index (χ3n) is 3.93. The summed E-state index contributed by atoms with van der Waals surface area (Å²) in [5, 5.41) is 12.0. The highest BCUT2D eigenvalue weighted by atomic mass is 32.2. The van der Waals surface area contributed by atoms with Gasteiger partial charge in [0.1, 0.15) is 5.75 Å². The van der Waals surface area contributed by atoms with Crippen LogP contribution in [0.2, 0.25) is 0 Å². The van der Waals surface area contributed by atoms with Crippen molar-refractivity contribution in [2.24, 2.45) is 0 Å². The quantitative estimate of drug-likeness (QED) is 0.666. The zero-order valence-electron chi connectivity index (χ0n) is 14.1. The molecule has 0 bridgehead atoms. The van der Waals surface area contributed by atoms with Crippen LogP contribution in [0.5, 0.6) is 11.6 Å². The lowest BCUT2D eigenvalue weighted by Gasteiger charge is -2.21. The van der Waals surface area contributed by atoms with Crippen LogP contribution in [-0.2, 0) is 0 Å². The summed E-state index contributed by atoms with van der Waals surface area (Å²) in [6, 6.07) is 13.9. The van der Waals surface area contributed by atoms with Crippen molar-refractivity contribution in [2.75, 3.05) is 11.6 Å². The van der Waals surface area contributed by atoms with E-state index in [1.54, 1.807) is 18.2 Å². The summed E-state index contributed by atoms with van der Waals surface area (Å²) in [5.41, 5.74) is 2.38. The Morgan fingerprint density at radius 1 is 1.11 bits per heavy atom. The standard InChI is InChI=1S/C18H14F2N4O2S/c1-27-18-22-16-14(23-24-18)10-6-2-4-8-12(10)21-15(26-16)11-7-3-5-9-13(11)25-17(19)20/h2-9,15,17,21H,1H3. The van der Waals surface area contributed by atoms with E-state index in [-0.39, 0.29) is 11.6 Å². The summed E-state index contributed by atoms with van der Waals surface area (Å²) in [6.07, 6.45) is 1.03. The number of para-hydroxylation sites is 2. The van der Waals surface area contributed by atoms with Crippen LogP contribution in [0.15, 0.2) is 53.7 Å². The van der Waals surface area contributed by atoms with Gasteiger partial charge in [-0.05, 0) is 24.5 Å². The van der Waals surface area contributed by atoms with E-state index in [1.165, 1.54) is 17.8 Å². The number of aromatic nitrogens is 3. The number of fused-ring (bicyclic) bond motifs is 3. The molecule has 138 valence electrons. The predicted octanol–water partition coefficient (Wildman–Crippen LogP) is 4.37. The van der Waals surface area contributed by atoms with Crippen LogP contribution in [0.3, 0.4) is 0 Å². The molecule has 1 atom stereocenters. The molecule has 1 N–H and O–H groups in total. The molecular formula is C18H14F2N4O2S. The molecule has 1 aliphatic heterocycles. The summed E-state index contributed by atoms with van der Waals surface area (Å²) in [6.45, 7) is -2.94. The molecule has 6 nitrogen and oxygen atoms in total. The molecule has 27 heavy (non-hydrogen) atoms. The second kappa shape index (κ2) is 7.36. The van der Waals surface area contributed by atoms with Crippen LogP contribution in [0.4, 0.5) is 14.5 Å². The first-order chi connectivity index (χ1) is 13.2. The van der Waals surface area contributed by atoms with Crippen LogP contribution in [0.25, 0.3) is 11.3 Å². The fraction of sp³-hybridized carbons (Fsp3) is 0.167. The van der Waals surface area contributed by atoms with Gasteiger partial charge < -0.3 is 14.8 Å². The summed E-state index contributed by atoms with van der Waals surface area (Å²) in [4.78, 5) is 4.40. The van der Waals surface area contributed by atoms with Crippen LogP contribution >= 0.6 is 11.8 Å². The number of alkyl halides is 2. The van der Waals surface area contributed by atoms with Gasteiger partial charge in [0.25, 0.3) is 0 Å². The van der Waals surface area contributed by atoms with E-state index in [9.17, 15) is 8.78 Å². The Bertz CT molecular complexity index is 974. The molecule has 0 spiro atoms. The molecule has 4 rings (SSSR count). The zero-order valence-corrected chi connectivity index (χ0v) is 14.9. The lowest BCUT2D eigenvalue weighted by Crippen LogP contribution is -2.19. The fourth-order valence-corrected chi connectivity index (χ4v) is 3.07. The van der Waals surface area contributed by atoms with Gasteiger partial charge in [0.05, 0.1) is 5.56 Å². The monoisotopic (exact) mass is 388 g/mol. The van der Waals surface area contributed by atoms with Crippen molar-refractivity contribution >= 4 is 17.4 Å². The molecule has 1 aliphatic rings. The average Bonchev–Trinajstić information content (AvgIpc) is 2.84. The van der Waals surface area contributed by atoms with E-state index in [4.69, 9.17) is 4.74 Å². The Balaban J connectivity index is 1.83. The summed E-state index contributed by atoms with van der Waals surface area (Å²) < 4.78 is 36.3. The largest absolute Gasteiger partial charge is 0.448 e. The van der Waals surface area contributed by atoms with Gasteiger partial charge in [0.15, 0.2) is 5.69 Å². The average molecular weight is 388 g/mol. The first kappa shape index (κ1) is 17.5. The van der Waals surface area contributed by atoms with Crippen molar-refractivity contribution in [1.82, 2.24) is 15.2 Å². The van der Waals surface area contributed by atoms with Gasteiger partial charge in [-0.15, -0.1) is 10.2 Å².